The average Bonchev–Trinajstić information content (AvgIpc) is 2.89. The number of hydrogen-bond acceptors (Lipinski definition) is 3. The van der Waals surface area contributed by atoms with E-state index in [2.05, 4.69) is 24.3 Å². The van der Waals surface area contributed by atoms with Crippen LogP contribution in [-0.2, 0) is 15.1 Å². The lowest BCUT2D eigenvalue weighted by Crippen LogP contribution is -2.56. The molecule has 2 aromatic carbocycles. The van der Waals surface area contributed by atoms with Crippen LogP contribution in [0.3, 0.4) is 0 Å². The van der Waals surface area contributed by atoms with E-state index in [0.717, 1.165) is 11.1 Å². The van der Waals surface area contributed by atoms with Crippen molar-refractivity contribution in [1.82, 2.24) is 0 Å². The molecular weight excluding hydrogens is 276 g/mol. The van der Waals surface area contributed by atoms with Gasteiger partial charge in [0.25, 0.3) is 0 Å². The summed E-state index contributed by atoms with van der Waals surface area (Å²) in [6.45, 7) is 1.71. The molecule has 4 rings (SSSR count). The third-order valence-corrected chi connectivity index (χ3v) is 4.48. The highest BCUT2D eigenvalue weighted by Gasteiger charge is 2.61. The summed E-state index contributed by atoms with van der Waals surface area (Å²) in [4.78, 5) is 0. The Bertz CT molecular complexity index is 652. The molecule has 3 heteroatoms. The van der Waals surface area contributed by atoms with Crippen LogP contribution in [0.5, 0.6) is 0 Å². The molecule has 0 bridgehead atoms. The van der Waals surface area contributed by atoms with Gasteiger partial charge in [0.1, 0.15) is 17.5 Å². The average molecular weight is 294 g/mol. The first-order valence-corrected chi connectivity index (χ1v) is 7.57. The Balaban J connectivity index is 1.83. The summed E-state index contributed by atoms with van der Waals surface area (Å²) in [5.74, 6) is 0.672. The van der Waals surface area contributed by atoms with Crippen LogP contribution in [0.1, 0.15) is 18.1 Å². The zero-order valence-corrected chi connectivity index (χ0v) is 12.3. The van der Waals surface area contributed by atoms with Crippen LogP contribution in [-0.4, -0.2) is 17.5 Å². The van der Waals surface area contributed by atoms with Crippen molar-refractivity contribution in [2.45, 2.75) is 24.9 Å². The standard InChI is InChI=1S/C19H18O3/c1-13(20)17-12-16-18(21-17)22-19(16,14-8-4-2-5-9-14)15-10-6-3-7-11-15/h2-13,16,18,20H,1H3. The smallest absolute Gasteiger partial charge is 0.210 e. The van der Waals surface area contributed by atoms with Gasteiger partial charge in [-0.25, -0.2) is 0 Å². The molecular formula is C19H18O3. The van der Waals surface area contributed by atoms with Gasteiger partial charge in [0, 0.05) is 0 Å². The van der Waals surface area contributed by atoms with Crippen molar-refractivity contribution < 1.29 is 14.6 Å². The van der Waals surface area contributed by atoms with E-state index in [1.807, 2.05) is 42.5 Å². The number of aliphatic hydroxyl groups excluding tert-OH is 1. The minimum atomic E-state index is -0.613. The molecule has 22 heavy (non-hydrogen) atoms. The molecule has 3 atom stereocenters. The van der Waals surface area contributed by atoms with E-state index in [-0.39, 0.29) is 12.2 Å². The Kier molecular flexibility index (Phi) is 3.06. The first-order valence-electron chi connectivity index (χ1n) is 7.57. The van der Waals surface area contributed by atoms with Crippen LogP contribution in [0.4, 0.5) is 0 Å². The topological polar surface area (TPSA) is 38.7 Å². The van der Waals surface area contributed by atoms with Crippen molar-refractivity contribution in [2.75, 3.05) is 0 Å². The molecule has 2 aromatic rings. The second-order valence-electron chi connectivity index (χ2n) is 5.84. The number of hydrogen-bond donors (Lipinski definition) is 1. The fraction of sp³-hybridized carbons (Fsp3) is 0.263. The quantitative estimate of drug-likeness (QED) is 0.945. The lowest BCUT2D eigenvalue weighted by atomic mass is 9.71. The van der Waals surface area contributed by atoms with Gasteiger partial charge in [-0.15, -0.1) is 0 Å². The van der Waals surface area contributed by atoms with Gasteiger partial charge in [-0.3, -0.25) is 0 Å². The molecule has 2 aliphatic heterocycles. The van der Waals surface area contributed by atoms with Gasteiger partial charge in [-0.1, -0.05) is 60.7 Å². The molecule has 1 fully saturated rings. The molecule has 1 saturated heterocycles. The minimum absolute atomic E-state index is 0.0712. The third-order valence-electron chi connectivity index (χ3n) is 4.48. The molecule has 0 radical (unpaired) electrons. The molecule has 2 heterocycles. The first kappa shape index (κ1) is 13.6. The lowest BCUT2D eigenvalue weighted by Gasteiger charge is -2.51. The Morgan fingerprint density at radius 2 is 1.50 bits per heavy atom. The Labute approximate surface area is 129 Å². The summed E-state index contributed by atoms with van der Waals surface area (Å²) in [5, 5.41) is 9.78. The van der Waals surface area contributed by atoms with Crippen molar-refractivity contribution in [2.24, 2.45) is 5.92 Å². The van der Waals surface area contributed by atoms with Gasteiger partial charge in [0.05, 0.1) is 5.92 Å². The minimum Gasteiger partial charge on any atom is -0.466 e. The van der Waals surface area contributed by atoms with E-state index < -0.39 is 11.7 Å². The van der Waals surface area contributed by atoms with Gasteiger partial charge in [-0.2, -0.15) is 0 Å². The Morgan fingerprint density at radius 3 is 2.00 bits per heavy atom. The number of aliphatic hydroxyl groups is 1. The number of ether oxygens (including phenoxy) is 2. The van der Waals surface area contributed by atoms with E-state index >= 15 is 0 Å². The van der Waals surface area contributed by atoms with Crippen LogP contribution >= 0.6 is 0 Å². The van der Waals surface area contributed by atoms with E-state index in [4.69, 9.17) is 9.47 Å². The maximum Gasteiger partial charge on any atom is 0.210 e. The normalized spacial score (nSPS) is 26.4. The van der Waals surface area contributed by atoms with Gasteiger partial charge in [-0.05, 0) is 24.1 Å². The van der Waals surface area contributed by atoms with Crippen molar-refractivity contribution in [3.8, 4) is 0 Å². The Hall–Kier alpha value is -2.10. The number of fused-ring (bicyclic) bond motifs is 1. The lowest BCUT2D eigenvalue weighted by molar-refractivity contribution is -0.307. The summed E-state index contributed by atoms with van der Waals surface area (Å²) in [6.07, 6.45) is 1.09. The van der Waals surface area contributed by atoms with Crippen LogP contribution in [0.2, 0.25) is 0 Å². The van der Waals surface area contributed by atoms with Crippen LogP contribution < -0.4 is 0 Å². The molecule has 1 N–H and O–H groups in total. The monoisotopic (exact) mass is 294 g/mol. The molecule has 2 aliphatic rings. The number of benzene rings is 2. The maximum atomic E-state index is 9.78. The highest BCUT2D eigenvalue weighted by molar-refractivity contribution is 5.43. The summed E-state index contributed by atoms with van der Waals surface area (Å²) in [5.41, 5.74) is 1.67. The summed E-state index contributed by atoms with van der Waals surface area (Å²) >= 11 is 0. The number of rotatable bonds is 3. The molecule has 0 saturated carbocycles. The molecule has 0 aromatic heterocycles. The fourth-order valence-electron chi connectivity index (χ4n) is 3.39. The summed E-state index contributed by atoms with van der Waals surface area (Å²) in [6, 6.07) is 20.4. The predicted molar refractivity (Wildman–Crippen MR) is 82.9 cm³/mol. The maximum absolute atomic E-state index is 9.78. The van der Waals surface area contributed by atoms with Crippen molar-refractivity contribution in [3.63, 3.8) is 0 Å². The molecule has 0 amide bonds. The highest BCUT2D eigenvalue weighted by Crippen LogP contribution is 2.56. The third kappa shape index (κ3) is 1.83. The van der Waals surface area contributed by atoms with E-state index in [1.54, 1.807) is 6.92 Å². The van der Waals surface area contributed by atoms with Gasteiger partial charge < -0.3 is 14.6 Å². The molecule has 112 valence electrons. The summed E-state index contributed by atoms with van der Waals surface area (Å²) in [7, 11) is 0. The molecule has 0 spiro atoms. The van der Waals surface area contributed by atoms with Crippen molar-refractivity contribution in [1.29, 1.82) is 0 Å². The fourth-order valence-corrected chi connectivity index (χ4v) is 3.39. The highest BCUT2D eigenvalue weighted by atomic mass is 16.7. The molecule has 0 aliphatic carbocycles. The SMILES string of the molecule is CC(O)C1=CC2C(O1)OC2(c1ccccc1)c1ccccc1. The molecule has 3 unspecified atom stereocenters. The summed E-state index contributed by atoms with van der Waals surface area (Å²) < 4.78 is 11.9. The Morgan fingerprint density at radius 1 is 0.955 bits per heavy atom. The zero-order valence-electron chi connectivity index (χ0n) is 12.3. The van der Waals surface area contributed by atoms with E-state index in [0.29, 0.717) is 5.76 Å². The first-order chi connectivity index (χ1) is 10.7. The van der Waals surface area contributed by atoms with Gasteiger partial charge >= 0.3 is 0 Å². The van der Waals surface area contributed by atoms with E-state index in [9.17, 15) is 5.11 Å². The van der Waals surface area contributed by atoms with Gasteiger partial charge in [0.2, 0.25) is 6.29 Å². The van der Waals surface area contributed by atoms with Crippen LogP contribution in [0.15, 0.2) is 72.5 Å². The van der Waals surface area contributed by atoms with Crippen LogP contribution in [0.25, 0.3) is 0 Å². The molecule has 3 nitrogen and oxygen atoms in total. The second kappa shape index (κ2) is 4.97. The predicted octanol–water partition coefficient (Wildman–Crippen LogP) is 3.20. The largest absolute Gasteiger partial charge is 0.466 e. The van der Waals surface area contributed by atoms with E-state index in [1.165, 1.54) is 0 Å². The van der Waals surface area contributed by atoms with Crippen LogP contribution in [0, 0.1) is 5.92 Å². The van der Waals surface area contributed by atoms with Crippen molar-refractivity contribution >= 4 is 0 Å². The second-order valence-corrected chi connectivity index (χ2v) is 5.84. The van der Waals surface area contributed by atoms with Gasteiger partial charge in [0.15, 0.2) is 0 Å². The zero-order chi connectivity index (χ0) is 15.2. The van der Waals surface area contributed by atoms with Crippen molar-refractivity contribution in [3.05, 3.63) is 83.6 Å².